The number of rotatable bonds is 5. The predicted molar refractivity (Wildman–Crippen MR) is 101 cm³/mol. The van der Waals surface area contributed by atoms with Crippen molar-refractivity contribution in [1.82, 2.24) is 14.7 Å². The lowest BCUT2D eigenvalue weighted by atomic mass is 10.1. The van der Waals surface area contributed by atoms with Gasteiger partial charge < -0.3 is 9.26 Å². The molecule has 7 heteroatoms. The fourth-order valence-corrected chi connectivity index (χ4v) is 2.79. The van der Waals surface area contributed by atoms with E-state index in [0.717, 1.165) is 6.42 Å². The van der Waals surface area contributed by atoms with Crippen LogP contribution in [0.5, 0.6) is 5.75 Å². The number of H-pyrrole nitrogens is 1. The molecule has 0 aliphatic heterocycles. The molecule has 0 unspecified atom stereocenters. The van der Waals surface area contributed by atoms with Crippen LogP contribution in [0.4, 0.5) is 0 Å². The molecule has 7 nitrogen and oxygen atoms in total. The van der Waals surface area contributed by atoms with Crippen LogP contribution >= 0.6 is 0 Å². The molecule has 4 aromatic rings. The number of aromatic nitrogens is 3. The number of nitrogens with one attached hydrogen (secondary N) is 1. The van der Waals surface area contributed by atoms with Crippen LogP contribution in [0.15, 0.2) is 68.8 Å². The minimum Gasteiger partial charge on any atom is -0.493 e. The smallest absolute Gasteiger partial charge is 0.334 e. The minimum atomic E-state index is -0.573. The number of benzene rings is 2. The summed E-state index contributed by atoms with van der Waals surface area (Å²) in [6.45, 7) is 2.59. The van der Waals surface area contributed by atoms with Crippen molar-refractivity contribution in [3.8, 4) is 11.6 Å². The van der Waals surface area contributed by atoms with Gasteiger partial charge in [-0.05, 0) is 24.6 Å². The molecule has 0 aliphatic rings. The third-order valence-corrected chi connectivity index (χ3v) is 4.26. The van der Waals surface area contributed by atoms with Gasteiger partial charge in [-0.1, -0.05) is 35.0 Å². The topological polar surface area (TPSA) is 90.1 Å². The van der Waals surface area contributed by atoms with E-state index in [9.17, 15) is 9.59 Å². The lowest BCUT2D eigenvalue weighted by Gasteiger charge is -2.06. The summed E-state index contributed by atoms with van der Waals surface area (Å²) in [5.41, 5.74) is 1.90. The number of aryl methyl sites for hydroxylation is 1. The Morgan fingerprint density at radius 2 is 1.93 bits per heavy atom. The van der Waals surface area contributed by atoms with Gasteiger partial charge in [-0.25, -0.2) is 9.36 Å². The second-order valence-electron chi connectivity index (χ2n) is 6.23. The first-order valence-corrected chi connectivity index (χ1v) is 8.50. The zero-order valence-electron chi connectivity index (χ0n) is 14.6. The summed E-state index contributed by atoms with van der Waals surface area (Å²) in [6.07, 6.45) is 2.16. The van der Waals surface area contributed by atoms with E-state index in [1.807, 2.05) is 0 Å². The highest BCUT2D eigenvalue weighted by atomic mass is 16.5. The van der Waals surface area contributed by atoms with Gasteiger partial charge in [0.1, 0.15) is 5.75 Å². The van der Waals surface area contributed by atoms with Crippen LogP contribution in [-0.2, 0) is 6.42 Å². The van der Waals surface area contributed by atoms with Crippen LogP contribution in [0.2, 0.25) is 0 Å². The molecular weight excluding hydrogens is 346 g/mol. The van der Waals surface area contributed by atoms with Gasteiger partial charge in [0.05, 0.1) is 12.0 Å². The molecule has 0 aliphatic carbocycles. The summed E-state index contributed by atoms with van der Waals surface area (Å²) in [5, 5.41) is 4.59. The summed E-state index contributed by atoms with van der Waals surface area (Å²) < 4.78 is 12.4. The maximum absolute atomic E-state index is 11.9. The van der Waals surface area contributed by atoms with Crippen molar-refractivity contribution in [2.75, 3.05) is 6.61 Å². The highest BCUT2D eigenvalue weighted by Gasteiger charge is 2.12. The molecule has 27 heavy (non-hydrogen) atoms. The first-order chi connectivity index (χ1) is 13.1. The molecule has 0 atom stereocenters. The summed E-state index contributed by atoms with van der Waals surface area (Å²) in [4.78, 5) is 25.4. The summed E-state index contributed by atoms with van der Waals surface area (Å²) in [6, 6.07) is 14.9. The second-order valence-corrected chi connectivity index (χ2v) is 6.23. The van der Waals surface area contributed by atoms with E-state index in [1.165, 1.54) is 28.0 Å². The number of ether oxygens (including phenoxy) is 1. The normalized spacial score (nSPS) is 11.0. The molecule has 0 saturated heterocycles. The molecule has 0 amide bonds. The fourth-order valence-electron chi connectivity index (χ4n) is 2.79. The molecule has 0 saturated carbocycles. The number of aromatic amines is 1. The van der Waals surface area contributed by atoms with Gasteiger partial charge in [0.2, 0.25) is 0 Å². The molecule has 136 valence electrons. The average Bonchev–Trinajstić information content (AvgIpc) is 3.06. The van der Waals surface area contributed by atoms with Crippen molar-refractivity contribution in [2.24, 2.45) is 0 Å². The minimum absolute atomic E-state index is 0.317. The van der Waals surface area contributed by atoms with Crippen molar-refractivity contribution in [2.45, 2.75) is 13.3 Å². The summed E-state index contributed by atoms with van der Waals surface area (Å²) >= 11 is 0. The molecule has 2 heterocycles. The van der Waals surface area contributed by atoms with Crippen LogP contribution in [0.1, 0.15) is 11.1 Å². The fraction of sp³-hybridized carbons (Fsp3) is 0.150. The molecular formula is C20H17N3O4. The Bertz CT molecular complexity index is 1200. The Labute approximate surface area is 153 Å². The second kappa shape index (κ2) is 6.95. The van der Waals surface area contributed by atoms with Gasteiger partial charge in [-0.2, -0.15) is 0 Å². The highest BCUT2D eigenvalue weighted by molar-refractivity contribution is 5.85. The highest BCUT2D eigenvalue weighted by Crippen LogP contribution is 2.25. The van der Waals surface area contributed by atoms with Crippen molar-refractivity contribution in [3.63, 3.8) is 0 Å². The lowest BCUT2D eigenvalue weighted by Crippen LogP contribution is -2.27. The van der Waals surface area contributed by atoms with Gasteiger partial charge in [0.15, 0.2) is 11.4 Å². The third-order valence-electron chi connectivity index (χ3n) is 4.26. The molecule has 0 bridgehead atoms. The van der Waals surface area contributed by atoms with E-state index in [1.54, 1.807) is 18.2 Å². The molecule has 2 aromatic heterocycles. The molecule has 1 N–H and O–H groups in total. The largest absolute Gasteiger partial charge is 0.493 e. The van der Waals surface area contributed by atoms with Crippen LogP contribution in [0.25, 0.3) is 16.8 Å². The maximum atomic E-state index is 11.9. The zero-order chi connectivity index (χ0) is 18.8. The van der Waals surface area contributed by atoms with E-state index in [4.69, 9.17) is 9.26 Å². The molecule has 0 radical (unpaired) electrons. The van der Waals surface area contributed by atoms with Gasteiger partial charge in [-0.3, -0.25) is 9.78 Å². The predicted octanol–water partition coefficient (Wildman–Crippen LogP) is 2.60. The Morgan fingerprint density at radius 1 is 1.11 bits per heavy atom. The first kappa shape index (κ1) is 16.8. The monoisotopic (exact) mass is 363 g/mol. The average molecular weight is 363 g/mol. The Hall–Kier alpha value is -3.61. The van der Waals surface area contributed by atoms with Crippen LogP contribution < -0.4 is 16.0 Å². The van der Waals surface area contributed by atoms with Crippen molar-refractivity contribution < 1.29 is 9.26 Å². The third kappa shape index (κ3) is 3.52. The SMILES string of the molecule is Cc1ccc(CCOc2ccc3c(-n4ccc(=O)[nH]c4=O)noc3c2)cc1. The Balaban J connectivity index is 1.52. The van der Waals surface area contributed by atoms with Crippen molar-refractivity contribution in [1.29, 1.82) is 0 Å². The van der Waals surface area contributed by atoms with Crippen molar-refractivity contribution >= 4 is 11.0 Å². The van der Waals surface area contributed by atoms with E-state index in [-0.39, 0.29) is 0 Å². The van der Waals surface area contributed by atoms with E-state index >= 15 is 0 Å². The zero-order valence-corrected chi connectivity index (χ0v) is 14.6. The number of nitrogens with zero attached hydrogens (tertiary/aromatic N) is 2. The first-order valence-electron chi connectivity index (χ1n) is 8.50. The molecule has 4 rings (SSSR count). The lowest BCUT2D eigenvalue weighted by molar-refractivity contribution is 0.321. The number of hydrogen-bond acceptors (Lipinski definition) is 5. The Kier molecular flexibility index (Phi) is 4.33. The van der Waals surface area contributed by atoms with Gasteiger partial charge >= 0.3 is 5.69 Å². The Morgan fingerprint density at radius 3 is 2.70 bits per heavy atom. The number of hydrogen-bond donors (Lipinski definition) is 1. The number of fused-ring (bicyclic) bond motifs is 1. The molecule has 0 spiro atoms. The quantitative estimate of drug-likeness (QED) is 0.589. The molecule has 0 fully saturated rings. The van der Waals surface area contributed by atoms with Gasteiger partial charge in [0, 0.05) is 24.8 Å². The van der Waals surface area contributed by atoms with Crippen LogP contribution in [0.3, 0.4) is 0 Å². The van der Waals surface area contributed by atoms with Gasteiger partial charge in [-0.15, -0.1) is 0 Å². The van der Waals surface area contributed by atoms with E-state index in [2.05, 4.69) is 41.3 Å². The summed E-state index contributed by atoms with van der Waals surface area (Å²) in [5.74, 6) is 0.976. The maximum Gasteiger partial charge on any atom is 0.334 e. The van der Waals surface area contributed by atoms with Crippen LogP contribution in [0, 0.1) is 6.92 Å². The molecule has 2 aromatic carbocycles. The van der Waals surface area contributed by atoms with Crippen LogP contribution in [-0.4, -0.2) is 21.3 Å². The standard InChI is InChI=1S/C20H17N3O4/c1-13-2-4-14(5-3-13)9-11-26-15-6-7-16-17(12-15)27-22-19(16)23-10-8-18(24)21-20(23)25/h2-8,10,12H,9,11H2,1H3,(H,21,24,25). The van der Waals surface area contributed by atoms with E-state index < -0.39 is 11.2 Å². The van der Waals surface area contributed by atoms with Crippen molar-refractivity contribution in [3.05, 3.63) is 86.7 Å². The van der Waals surface area contributed by atoms with Gasteiger partial charge in [0.25, 0.3) is 5.56 Å². The van der Waals surface area contributed by atoms with E-state index in [0.29, 0.717) is 29.1 Å². The summed E-state index contributed by atoms with van der Waals surface area (Å²) in [7, 11) is 0.